The van der Waals surface area contributed by atoms with Gasteiger partial charge in [0.05, 0.1) is 10.0 Å². The van der Waals surface area contributed by atoms with Crippen LogP contribution in [0.15, 0.2) is 66.7 Å². The molecular formula is C28H25Cl3N2O3. The quantitative estimate of drug-likeness (QED) is 0.290. The van der Waals surface area contributed by atoms with Crippen LogP contribution < -0.4 is 5.32 Å². The number of halogens is 3. The number of carbonyl (C=O) groups excluding carboxylic acids is 3. The standard InChI is InChI=1S/C28H25Cl3N2O3/c1-17(34)19-6-8-21(9-7-19)28(36)33-13-12-26(23(16-33)22-10-11-24(30)25(31)14-22)32-27(35)20-4-2-18(15-29)3-5-20/h2-11,14,23,26H,12-13,15-16H2,1H3,(H,32,35). The van der Waals surface area contributed by atoms with E-state index in [0.717, 1.165) is 11.1 Å². The van der Waals surface area contributed by atoms with Gasteiger partial charge in [0.2, 0.25) is 0 Å². The molecule has 1 fully saturated rings. The van der Waals surface area contributed by atoms with Crippen molar-refractivity contribution in [1.29, 1.82) is 0 Å². The maximum absolute atomic E-state index is 13.3. The van der Waals surface area contributed by atoms with Crippen LogP contribution in [0.3, 0.4) is 0 Å². The molecule has 0 bridgehead atoms. The fourth-order valence-corrected chi connectivity index (χ4v) is 4.90. The first kappa shape index (κ1) is 26.2. The third-order valence-electron chi connectivity index (χ3n) is 6.50. The van der Waals surface area contributed by atoms with Crippen molar-refractivity contribution in [2.75, 3.05) is 13.1 Å². The van der Waals surface area contributed by atoms with Gasteiger partial charge in [-0.2, -0.15) is 0 Å². The van der Waals surface area contributed by atoms with Gasteiger partial charge in [-0.15, -0.1) is 11.6 Å². The Morgan fingerprint density at radius 1 is 0.889 bits per heavy atom. The van der Waals surface area contributed by atoms with Crippen LogP contribution >= 0.6 is 34.8 Å². The zero-order chi connectivity index (χ0) is 25.8. The highest BCUT2D eigenvalue weighted by Crippen LogP contribution is 2.33. The average Bonchev–Trinajstić information content (AvgIpc) is 2.90. The van der Waals surface area contributed by atoms with Gasteiger partial charge in [-0.1, -0.05) is 53.5 Å². The Bertz CT molecular complexity index is 1280. The topological polar surface area (TPSA) is 66.5 Å². The number of alkyl halides is 1. The van der Waals surface area contributed by atoms with Gasteiger partial charge in [0.25, 0.3) is 11.8 Å². The molecule has 2 unspecified atom stereocenters. The fraction of sp³-hybridized carbons (Fsp3) is 0.250. The second kappa shape index (κ2) is 11.5. The molecule has 2 atom stereocenters. The van der Waals surface area contributed by atoms with E-state index in [1.54, 1.807) is 53.4 Å². The van der Waals surface area contributed by atoms with Crippen molar-refractivity contribution in [2.45, 2.75) is 31.2 Å². The Balaban J connectivity index is 1.57. The number of Topliss-reactive ketones (excluding diaryl/α,β-unsaturated/α-hetero) is 1. The van der Waals surface area contributed by atoms with Gasteiger partial charge in [0, 0.05) is 47.6 Å². The lowest BCUT2D eigenvalue weighted by Gasteiger charge is -2.39. The number of amides is 2. The Kier molecular flexibility index (Phi) is 8.35. The van der Waals surface area contributed by atoms with Crippen LogP contribution in [0.2, 0.25) is 10.0 Å². The van der Waals surface area contributed by atoms with E-state index in [9.17, 15) is 14.4 Å². The normalized spacial score (nSPS) is 17.5. The van der Waals surface area contributed by atoms with E-state index in [0.29, 0.717) is 52.1 Å². The van der Waals surface area contributed by atoms with Gasteiger partial charge in [-0.3, -0.25) is 14.4 Å². The van der Waals surface area contributed by atoms with Gasteiger partial charge in [-0.25, -0.2) is 0 Å². The number of hydrogen-bond donors (Lipinski definition) is 1. The molecule has 0 radical (unpaired) electrons. The van der Waals surface area contributed by atoms with Crippen LogP contribution in [0.4, 0.5) is 0 Å². The van der Waals surface area contributed by atoms with Gasteiger partial charge in [-0.05, 0) is 60.9 Å². The van der Waals surface area contributed by atoms with E-state index >= 15 is 0 Å². The van der Waals surface area contributed by atoms with Crippen molar-refractivity contribution in [3.8, 4) is 0 Å². The number of benzene rings is 3. The SMILES string of the molecule is CC(=O)c1ccc(C(=O)N2CCC(NC(=O)c3ccc(CCl)cc3)C(c3ccc(Cl)c(Cl)c3)C2)cc1. The number of ketones is 1. The maximum Gasteiger partial charge on any atom is 0.253 e. The van der Waals surface area contributed by atoms with Crippen molar-refractivity contribution in [1.82, 2.24) is 10.2 Å². The monoisotopic (exact) mass is 542 g/mol. The van der Waals surface area contributed by atoms with E-state index in [1.165, 1.54) is 6.92 Å². The smallest absolute Gasteiger partial charge is 0.253 e. The number of hydrogen-bond acceptors (Lipinski definition) is 3. The minimum absolute atomic E-state index is 0.0532. The van der Waals surface area contributed by atoms with Gasteiger partial charge >= 0.3 is 0 Å². The average molecular weight is 544 g/mol. The van der Waals surface area contributed by atoms with Crippen molar-refractivity contribution in [3.05, 3.63) is 105 Å². The van der Waals surface area contributed by atoms with Crippen LogP contribution in [-0.4, -0.2) is 41.6 Å². The summed E-state index contributed by atoms with van der Waals surface area (Å²) in [4.78, 5) is 39.7. The summed E-state index contributed by atoms with van der Waals surface area (Å²) >= 11 is 18.3. The summed E-state index contributed by atoms with van der Waals surface area (Å²) in [5.41, 5.74) is 3.43. The number of carbonyl (C=O) groups is 3. The molecule has 1 aliphatic heterocycles. The third-order valence-corrected chi connectivity index (χ3v) is 7.54. The molecule has 1 saturated heterocycles. The van der Waals surface area contributed by atoms with Crippen LogP contribution in [0, 0.1) is 0 Å². The first-order valence-corrected chi connectivity index (χ1v) is 12.9. The molecule has 1 aliphatic rings. The van der Waals surface area contributed by atoms with Crippen LogP contribution in [-0.2, 0) is 5.88 Å². The molecule has 0 spiro atoms. The molecule has 3 aromatic carbocycles. The summed E-state index contributed by atoms with van der Waals surface area (Å²) in [6, 6.07) is 19.0. The Morgan fingerprint density at radius 3 is 2.14 bits per heavy atom. The second-order valence-electron chi connectivity index (χ2n) is 8.86. The summed E-state index contributed by atoms with van der Waals surface area (Å²) in [5, 5.41) is 4.01. The lowest BCUT2D eigenvalue weighted by Crippen LogP contribution is -2.51. The molecule has 8 heteroatoms. The number of rotatable bonds is 6. The summed E-state index contributed by atoms with van der Waals surface area (Å²) in [6.45, 7) is 2.35. The Hall–Kier alpha value is -2.86. The molecule has 4 rings (SSSR count). The lowest BCUT2D eigenvalue weighted by atomic mass is 9.85. The molecular weight excluding hydrogens is 519 g/mol. The van der Waals surface area contributed by atoms with Gasteiger partial charge < -0.3 is 10.2 Å². The molecule has 5 nitrogen and oxygen atoms in total. The predicted octanol–water partition coefficient (Wildman–Crippen LogP) is 6.36. The molecule has 2 amide bonds. The predicted molar refractivity (Wildman–Crippen MR) is 143 cm³/mol. The number of nitrogens with zero attached hydrogens (tertiary/aromatic N) is 1. The highest BCUT2D eigenvalue weighted by molar-refractivity contribution is 6.42. The Morgan fingerprint density at radius 2 is 1.53 bits per heavy atom. The van der Waals surface area contributed by atoms with E-state index in [1.807, 2.05) is 18.2 Å². The summed E-state index contributed by atoms with van der Waals surface area (Å²) < 4.78 is 0. The molecule has 0 saturated carbocycles. The van der Waals surface area contributed by atoms with Crippen molar-refractivity contribution >= 4 is 52.4 Å². The fourth-order valence-electron chi connectivity index (χ4n) is 4.42. The number of likely N-dealkylation sites (tertiary alicyclic amines) is 1. The molecule has 36 heavy (non-hydrogen) atoms. The third kappa shape index (κ3) is 5.92. The first-order chi connectivity index (χ1) is 17.3. The molecule has 1 heterocycles. The first-order valence-electron chi connectivity index (χ1n) is 11.6. The minimum atomic E-state index is -0.216. The summed E-state index contributed by atoms with van der Waals surface area (Å²) in [6.07, 6.45) is 0.563. The zero-order valence-corrected chi connectivity index (χ0v) is 21.9. The lowest BCUT2D eigenvalue weighted by molar-refractivity contribution is 0.0671. The molecule has 0 aromatic heterocycles. The van der Waals surface area contributed by atoms with Crippen LogP contribution in [0.25, 0.3) is 0 Å². The van der Waals surface area contributed by atoms with E-state index in [-0.39, 0.29) is 29.6 Å². The molecule has 186 valence electrons. The van der Waals surface area contributed by atoms with E-state index in [2.05, 4.69) is 5.32 Å². The van der Waals surface area contributed by atoms with Gasteiger partial charge in [0.15, 0.2) is 5.78 Å². The van der Waals surface area contributed by atoms with E-state index in [4.69, 9.17) is 34.8 Å². The van der Waals surface area contributed by atoms with Crippen LogP contribution in [0.1, 0.15) is 61.5 Å². The maximum atomic E-state index is 13.3. The zero-order valence-electron chi connectivity index (χ0n) is 19.6. The summed E-state index contributed by atoms with van der Waals surface area (Å²) in [7, 11) is 0. The van der Waals surface area contributed by atoms with Crippen molar-refractivity contribution < 1.29 is 14.4 Å². The molecule has 3 aromatic rings. The van der Waals surface area contributed by atoms with E-state index < -0.39 is 0 Å². The minimum Gasteiger partial charge on any atom is -0.349 e. The van der Waals surface area contributed by atoms with Gasteiger partial charge in [0.1, 0.15) is 0 Å². The number of nitrogens with one attached hydrogen (secondary N) is 1. The van der Waals surface area contributed by atoms with Crippen molar-refractivity contribution in [3.63, 3.8) is 0 Å². The van der Waals surface area contributed by atoms with Crippen molar-refractivity contribution in [2.24, 2.45) is 0 Å². The largest absolute Gasteiger partial charge is 0.349 e. The highest BCUT2D eigenvalue weighted by Gasteiger charge is 2.34. The molecule has 1 N–H and O–H groups in total. The summed E-state index contributed by atoms with van der Waals surface area (Å²) in [5.74, 6) is -0.185. The second-order valence-corrected chi connectivity index (χ2v) is 9.95. The molecule has 0 aliphatic carbocycles. The number of piperidine rings is 1. The Labute approximate surface area is 225 Å². The van der Waals surface area contributed by atoms with Crippen LogP contribution in [0.5, 0.6) is 0 Å². The highest BCUT2D eigenvalue weighted by atomic mass is 35.5.